The lowest BCUT2D eigenvalue weighted by atomic mass is 10.2. The number of carbonyl (C=O) groups excluding carboxylic acids is 1. The summed E-state index contributed by atoms with van der Waals surface area (Å²) in [6, 6.07) is 5.89. The van der Waals surface area contributed by atoms with Gasteiger partial charge < -0.3 is 10.1 Å². The van der Waals surface area contributed by atoms with Gasteiger partial charge >= 0.3 is 0 Å². The molecule has 6 nitrogen and oxygen atoms in total. The molecule has 0 atom stereocenters. The van der Waals surface area contributed by atoms with Crippen LogP contribution >= 0.6 is 0 Å². The van der Waals surface area contributed by atoms with E-state index < -0.39 is 10.0 Å². The van der Waals surface area contributed by atoms with E-state index >= 15 is 0 Å². The summed E-state index contributed by atoms with van der Waals surface area (Å²) < 4.78 is 31.5. The molecule has 0 radical (unpaired) electrons. The topological polar surface area (TPSA) is 84.5 Å². The highest BCUT2D eigenvalue weighted by Crippen LogP contribution is 2.11. The monoisotopic (exact) mass is 328 g/mol. The average Bonchev–Trinajstić information content (AvgIpc) is 2.49. The molecular formula is C15H24N2O4S. The van der Waals surface area contributed by atoms with E-state index in [-0.39, 0.29) is 16.7 Å². The number of hydrogen-bond acceptors (Lipinski definition) is 4. The third-order valence-electron chi connectivity index (χ3n) is 2.92. The summed E-state index contributed by atoms with van der Waals surface area (Å²) in [5.41, 5.74) is 0.431. The van der Waals surface area contributed by atoms with E-state index in [2.05, 4.69) is 10.0 Å². The van der Waals surface area contributed by atoms with E-state index in [0.717, 1.165) is 6.42 Å². The van der Waals surface area contributed by atoms with Crippen molar-refractivity contribution in [1.29, 1.82) is 0 Å². The van der Waals surface area contributed by atoms with Crippen LogP contribution in [-0.2, 0) is 14.8 Å². The van der Waals surface area contributed by atoms with Crippen LogP contribution in [0.1, 0.15) is 30.6 Å². The molecule has 0 saturated heterocycles. The van der Waals surface area contributed by atoms with E-state index in [1.54, 1.807) is 7.11 Å². The number of benzene rings is 1. The minimum atomic E-state index is -3.52. The zero-order valence-electron chi connectivity index (χ0n) is 13.3. The number of sulfonamides is 1. The van der Waals surface area contributed by atoms with E-state index in [4.69, 9.17) is 4.74 Å². The highest BCUT2D eigenvalue weighted by molar-refractivity contribution is 7.89. The van der Waals surface area contributed by atoms with Gasteiger partial charge in [0.1, 0.15) is 0 Å². The Labute approximate surface area is 132 Å². The molecule has 1 rings (SSSR count). The standard InChI is InChI=1S/C15H24N2O4S/c1-12(2)11-17-22(19,20)14-7-5-13(6-8-14)15(18)16-9-4-10-21-3/h5-8,12,17H,4,9-11H2,1-3H3,(H,16,18). The summed E-state index contributed by atoms with van der Waals surface area (Å²) in [5, 5.41) is 2.75. The van der Waals surface area contributed by atoms with Crippen LogP contribution < -0.4 is 10.0 Å². The van der Waals surface area contributed by atoms with Gasteiger partial charge in [-0.2, -0.15) is 0 Å². The molecule has 1 aromatic carbocycles. The Morgan fingerprint density at radius 3 is 2.41 bits per heavy atom. The van der Waals surface area contributed by atoms with Crippen molar-refractivity contribution in [3.05, 3.63) is 29.8 Å². The second kappa shape index (κ2) is 8.87. The Balaban J connectivity index is 2.64. The van der Waals surface area contributed by atoms with Crippen molar-refractivity contribution in [3.8, 4) is 0 Å². The molecule has 22 heavy (non-hydrogen) atoms. The van der Waals surface area contributed by atoms with Crippen molar-refractivity contribution < 1.29 is 17.9 Å². The van der Waals surface area contributed by atoms with Crippen LogP contribution in [0.2, 0.25) is 0 Å². The van der Waals surface area contributed by atoms with Gasteiger partial charge in [0.05, 0.1) is 4.90 Å². The molecule has 0 spiro atoms. The summed E-state index contributed by atoms with van der Waals surface area (Å²) in [5.74, 6) is 0.00196. The van der Waals surface area contributed by atoms with E-state index in [0.29, 0.717) is 25.3 Å². The third-order valence-corrected chi connectivity index (χ3v) is 4.36. The molecule has 1 amide bonds. The smallest absolute Gasteiger partial charge is 0.251 e. The average molecular weight is 328 g/mol. The lowest BCUT2D eigenvalue weighted by Gasteiger charge is -2.09. The quantitative estimate of drug-likeness (QED) is 0.671. The van der Waals surface area contributed by atoms with Crippen molar-refractivity contribution in [2.75, 3.05) is 26.8 Å². The molecule has 7 heteroatoms. The zero-order chi connectivity index (χ0) is 16.6. The van der Waals surface area contributed by atoms with Gasteiger partial charge in [0.15, 0.2) is 0 Å². The second-order valence-corrected chi connectivity index (χ2v) is 7.14. The van der Waals surface area contributed by atoms with Crippen molar-refractivity contribution in [1.82, 2.24) is 10.0 Å². The highest BCUT2D eigenvalue weighted by Gasteiger charge is 2.15. The van der Waals surface area contributed by atoms with Crippen molar-refractivity contribution in [3.63, 3.8) is 0 Å². The molecular weight excluding hydrogens is 304 g/mol. The fraction of sp³-hybridized carbons (Fsp3) is 0.533. The molecule has 0 saturated carbocycles. The maximum atomic E-state index is 12.0. The van der Waals surface area contributed by atoms with Crippen LogP contribution in [0.15, 0.2) is 29.2 Å². The minimum Gasteiger partial charge on any atom is -0.385 e. The predicted octanol–water partition coefficient (Wildman–Crippen LogP) is 1.39. The van der Waals surface area contributed by atoms with Gasteiger partial charge in [-0.1, -0.05) is 13.8 Å². The zero-order valence-corrected chi connectivity index (χ0v) is 14.1. The lowest BCUT2D eigenvalue weighted by Crippen LogP contribution is -2.28. The van der Waals surface area contributed by atoms with Crippen LogP contribution in [0.4, 0.5) is 0 Å². The first-order valence-corrected chi connectivity index (χ1v) is 8.72. The highest BCUT2D eigenvalue weighted by atomic mass is 32.2. The van der Waals surface area contributed by atoms with Crippen LogP contribution in [-0.4, -0.2) is 41.1 Å². The van der Waals surface area contributed by atoms with Crippen molar-refractivity contribution >= 4 is 15.9 Å². The number of carbonyl (C=O) groups is 1. The molecule has 0 aliphatic carbocycles. The first kappa shape index (κ1) is 18.6. The Morgan fingerprint density at radius 1 is 1.23 bits per heavy atom. The lowest BCUT2D eigenvalue weighted by molar-refractivity contribution is 0.0948. The van der Waals surface area contributed by atoms with Crippen LogP contribution in [0.3, 0.4) is 0 Å². The molecule has 0 heterocycles. The third kappa shape index (κ3) is 6.13. The summed E-state index contributed by atoms with van der Waals surface area (Å²) in [4.78, 5) is 12.0. The minimum absolute atomic E-state index is 0.157. The number of nitrogens with one attached hydrogen (secondary N) is 2. The predicted molar refractivity (Wildman–Crippen MR) is 85.3 cm³/mol. The van der Waals surface area contributed by atoms with Crippen LogP contribution in [0, 0.1) is 5.92 Å². The molecule has 0 bridgehead atoms. The number of methoxy groups -OCH3 is 1. The fourth-order valence-corrected chi connectivity index (χ4v) is 2.88. The fourth-order valence-electron chi connectivity index (χ4n) is 1.67. The Hall–Kier alpha value is -1.44. The largest absolute Gasteiger partial charge is 0.385 e. The summed E-state index contributed by atoms with van der Waals surface area (Å²) in [6.07, 6.45) is 0.730. The number of hydrogen-bond donors (Lipinski definition) is 2. The summed E-state index contributed by atoms with van der Waals surface area (Å²) in [6.45, 7) is 5.34. The molecule has 0 aromatic heterocycles. The Bertz CT molecular complexity index is 568. The summed E-state index contributed by atoms with van der Waals surface area (Å²) >= 11 is 0. The van der Waals surface area contributed by atoms with Gasteiger partial charge in [-0.15, -0.1) is 0 Å². The van der Waals surface area contributed by atoms with E-state index in [9.17, 15) is 13.2 Å². The molecule has 0 unspecified atom stereocenters. The van der Waals surface area contributed by atoms with Gasteiger partial charge in [0.25, 0.3) is 5.91 Å². The normalized spacial score (nSPS) is 11.6. The van der Waals surface area contributed by atoms with E-state index in [1.807, 2.05) is 13.8 Å². The first-order valence-electron chi connectivity index (χ1n) is 7.23. The first-order chi connectivity index (χ1) is 10.4. The van der Waals surface area contributed by atoms with Gasteiger partial charge in [-0.3, -0.25) is 4.79 Å². The van der Waals surface area contributed by atoms with Gasteiger partial charge in [0.2, 0.25) is 10.0 Å². The molecule has 2 N–H and O–H groups in total. The van der Waals surface area contributed by atoms with Crippen molar-refractivity contribution in [2.24, 2.45) is 5.92 Å². The SMILES string of the molecule is COCCCNC(=O)c1ccc(S(=O)(=O)NCC(C)C)cc1. The second-order valence-electron chi connectivity index (χ2n) is 5.37. The maximum Gasteiger partial charge on any atom is 0.251 e. The number of amides is 1. The van der Waals surface area contributed by atoms with Gasteiger partial charge in [0, 0.05) is 32.4 Å². The Morgan fingerprint density at radius 2 is 1.86 bits per heavy atom. The number of rotatable bonds is 9. The van der Waals surface area contributed by atoms with Crippen molar-refractivity contribution in [2.45, 2.75) is 25.2 Å². The number of ether oxygens (including phenoxy) is 1. The maximum absolute atomic E-state index is 12.0. The molecule has 0 aliphatic rings. The molecule has 0 aliphatic heterocycles. The molecule has 124 valence electrons. The van der Waals surface area contributed by atoms with E-state index in [1.165, 1.54) is 24.3 Å². The van der Waals surface area contributed by atoms with Crippen LogP contribution in [0.5, 0.6) is 0 Å². The van der Waals surface area contributed by atoms with Gasteiger partial charge in [-0.05, 0) is 36.6 Å². The van der Waals surface area contributed by atoms with Gasteiger partial charge in [-0.25, -0.2) is 13.1 Å². The Kier molecular flexibility index (Phi) is 7.50. The van der Waals surface area contributed by atoms with Crippen LogP contribution in [0.25, 0.3) is 0 Å². The summed E-state index contributed by atoms with van der Waals surface area (Å²) in [7, 11) is -1.91. The molecule has 0 fully saturated rings. The molecule has 1 aromatic rings.